The summed E-state index contributed by atoms with van der Waals surface area (Å²) in [5, 5.41) is 0. The molecule has 1 saturated heterocycles. The third kappa shape index (κ3) is 1.46. The minimum Gasteiger partial charge on any atom is -0.368 e. The van der Waals surface area contributed by atoms with Gasteiger partial charge in [-0.1, -0.05) is 0 Å². The molecule has 1 N–H and O–H groups in total. The number of carbonyl (C=O) groups is 1. The van der Waals surface area contributed by atoms with Crippen LogP contribution in [0.25, 0.3) is 11.0 Å². The molecule has 0 aromatic carbocycles. The average Bonchev–Trinajstić information content (AvgIpc) is 2.74. The van der Waals surface area contributed by atoms with E-state index in [9.17, 15) is 4.79 Å². The molecule has 0 amide bonds. The molecule has 0 bridgehead atoms. The summed E-state index contributed by atoms with van der Waals surface area (Å²) in [6, 6.07) is 3.93. The molecule has 0 saturated carbocycles. The van der Waals surface area contributed by atoms with Crippen molar-refractivity contribution in [1.82, 2.24) is 9.97 Å². The number of hydrogen-bond donors (Lipinski definition) is 1. The number of hydrogen-bond acceptors (Lipinski definition) is 3. The Morgan fingerprint density at radius 1 is 1.31 bits per heavy atom. The number of fused-ring (bicyclic) bond motifs is 1. The fourth-order valence-electron chi connectivity index (χ4n) is 2.18. The van der Waals surface area contributed by atoms with Crippen molar-refractivity contribution in [3.05, 3.63) is 24.5 Å². The molecule has 1 fully saturated rings. The van der Waals surface area contributed by atoms with Crippen LogP contribution in [0.2, 0.25) is 0 Å². The molecule has 4 nitrogen and oxygen atoms in total. The number of carbonyl (C=O) groups excluding carboxylic acids is 1. The summed E-state index contributed by atoms with van der Waals surface area (Å²) in [6.07, 6.45) is 5.08. The number of nitrogens with zero attached hydrogens (tertiary/aromatic N) is 2. The van der Waals surface area contributed by atoms with Crippen LogP contribution in [0.15, 0.2) is 24.5 Å². The van der Waals surface area contributed by atoms with Crippen LogP contribution in [0.1, 0.15) is 12.8 Å². The zero-order valence-corrected chi connectivity index (χ0v) is 8.94. The highest BCUT2D eigenvalue weighted by Gasteiger charge is 2.19. The van der Waals surface area contributed by atoms with E-state index in [0.717, 1.165) is 29.8 Å². The monoisotopic (exact) mass is 215 g/mol. The SMILES string of the molecule is O=C1CCN(c2c[nH]c3cccnc23)CC1. The van der Waals surface area contributed by atoms with Gasteiger partial charge in [0, 0.05) is 38.3 Å². The predicted octanol–water partition coefficient (Wildman–Crippen LogP) is 1.73. The van der Waals surface area contributed by atoms with Crippen molar-refractivity contribution in [2.24, 2.45) is 0 Å². The standard InChI is InChI=1S/C12H13N3O/c16-9-3-6-15(7-4-9)11-8-14-10-2-1-5-13-12(10)11/h1-2,5,8,14H,3-4,6-7H2. The summed E-state index contributed by atoms with van der Waals surface area (Å²) in [5.41, 5.74) is 3.16. The van der Waals surface area contributed by atoms with Gasteiger partial charge < -0.3 is 9.88 Å². The van der Waals surface area contributed by atoms with Crippen LogP contribution in [0.4, 0.5) is 5.69 Å². The molecule has 82 valence electrons. The Hall–Kier alpha value is -1.84. The van der Waals surface area contributed by atoms with Gasteiger partial charge in [0.15, 0.2) is 0 Å². The zero-order valence-electron chi connectivity index (χ0n) is 8.94. The number of Topliss-reactive ketones (excluding diaryl/α,β-unsaturated/α-hetero) is 1. The first kappa shape index (κ1) is 9.39. The first-order valence-electron chi connectivity index (χ1n) is 5.53. The number of piperidine rings is 1. The largest absolute Gasteiger partial charge is 0.368 e. The molecule has 0 radical (unpaired) electrons. The van der Waals surface area contributed by atoms with Crippen LogP contribution in [0.3, 0.4) is 0 Å². The Labute approximate surface area is 93.3 Å². The number of H-pyrrole nitrogens is 1. The zero-order chi connectivity index (χ0) is 11.0. The van der Waals surface area contributed by atoms with Crippen LogP contribution >= 0.6 is 0 Å². The van der Waals surface area contributed by atoms with Crippen molar-refractivity contribution in [3.63, 3.8) is 0 Å². The Balaban J connectivity index is 1.97. The van der Waals surface area contributed by atoms with E-state index in [1.165, 1.54) is 0 Å². The summed E-state index contributed by atoms with van der Waals surface area (Å²) >= 11 is 0. The van der Waals surface area contributed by atoms with Crippen molar-refractivity contribution in [2.45, 2.75) is 12.8 Å². The Kier molecular flexibility index (Phi) is 2.13. The lowest BCUT2D eigenvalue weighted by atomic mass is 10.1. The van der Waals surface area contributed by atoms with Gasteiger partial charge in [0.2, 0.25) is 0 Å². The van der Waals surface area contributed by atoms with Crippen LogP contribution in [0, 0.1) is 0 Å². The molecular formula is C12H13N3O. The van der Waals surface area contributed by atoms with Crippen molar-refractivity contribution in [2.75, 3.05) is 18.0 Å². The number of aromatic nitrogens is 2. The summed E-state index contributed by atoms with van der Waals surface area (Å²) in [4.78, 5) is 21.0. The molecule has 0 unspecified atom stereocenters. The third-order valence-electron chi connectivity index (χ3n) is 3.08. The van der Waals surface area contributed by atoms with Crippen LogP contribution in [-0.2, 0) is 4.79 Å². The van der Waals surface area contributed by atoms with Crippen molar-refractivity contribution in [3.8, 4) is 0 Å². The summed E-state index contributed by atoms with van der Waals surface area (Å²) in [5.74, 6) is 0.365. The third-order valence-corrected chi connectivity index (χ3v) is 3.08. The minimum atomic E-state index is 0.365. The van der Waals surface area contributed by atoms with E-state index in [4.69, 9.17) is 0 Å². The Morgan fingerprint density at radius 3 is 2.94 bits per heavy atom. The van der Waals surface area contributed by atoms with Gasteiger partial charge in [0.1, 0.15) is 11.3 Å². The minimum absolute atomic E-state index is 0.365. The number of pyridine rings is 1. The molecule has 2 aromatic rings. The summed E-state index contributed by atoms with van der Waals surface area (Å²) < 4.78 is 0. The Morgan fingerprint density at radius 2 is 2.12 bits per heavy atom. The van der Waals surface area contributed by atoms with Gasteiger partial charge in [-0.05, 0) is 12.1 Å². The lowest BCUT2D eigenvalue weighted by Crippen LogP contribution is -2.33. The van der Waals surface area contributed by atoms with E-state index in [-0.39, 0.29) is 0 Å². The maximum absolute atomic E-state index is 11.2. The van der Waals surface area contributed by atoms with E-state index in [1.54, 1.807) is 6.20 Å². The van der Waals surface area contributed by atoms with E-state index in [0.29, 0.717) is 18.6 Å². The lowest BCUT2D eigenvalue weighted by molar-refractivity contribution is -0.119. The van der Waals surface area contributed by atoms with E-state index < -0.39 is 0 Å². The first-order valence-corrected chi connectivity index (χ1v) is 5.53. The van der Waals surface area contributed by atoms with Gasteiger partial charge in [-0.3, -0.25) is 9.78 Å². The van der Waals surface area contributed by atoms with Crippen molar-refractivity contribution in [1.29, 1.82) is 0 Å². The van der Waals surface area contributed by atoms with E-state index in [2.05, 4.69) is 14.9 Å². The van der Waals surface area contributed by atoms with Crippen molar-refractivity contribution >= 4 is 22.5 Å². The molecule has 3 heterocycles. The number of ketones is 1. The topological polar surface area (TPSA) is 49.0 Å². The Bertz CT molecular complexity index is 522. The maximum Gasteiger partial charge on any atom is 0.136 e. The van der Waals surface area contributed by atoms with E-state index >= 15 is 0 Å². The molecule has 2 aromatic heterocycles. The van der Waals surface area contributed by atoms with Gasteiger partial charge in [0.05, 0.1) is 11.2 Å². The molecule has 3 rings (SSSR count). The summed E-state index contributed by atoms with van der Waals surface area (Å²) in [7, 11) is 0. The fourth-order valence-corrected chi connectivity index (χ4v) is 2.18. The number of rotatable bonds is 1. The highest BCUT2D eigenvalue weighted by atomic mass is 16.1. The second-order valence-electron chi connectivity index (χ2n) is 4.10. The maximum atomic E-state index is 11.2. The molecule has 4 heteroatoms. The molecule has 1 aliphatic rings. The van der Waals surface area contributed by atoms with Gasteiger partial charge in [-0.25, -0.2) is 0 Å². The number of anilines is 1. The quantitative estimate of drug-likeness (QED) is 0.788. The van der Waals surface area contributed by atoms with Crippen LogP contribution in [-0.4, -0.2) is 28.8 Å². The van der Waals surface area contributed by atoms with Gasteiger partial charge in [-0.15, -0.1) is 0 Å². The van der Waals surface area contributed by atoms with Gasteiger partial charge in [-0.2, -0.15) is 0 Å². The second kappa shape index (κ2) is 3.63. The van der Waals surface area contributed by atoms with E-state index in [1.807, 2.05) is 18.3 Å². The van der Waals surface area contributed by atoms with Crippen LogP contribution in [0.5, 0.6) is 0 Å². The molecule has 0 aliphatic carbocycles. The van der Waals surface area contributed by atoms with Crippen LogP contribution < -0.4 is 4.90 Å². The first-order chi connectivity index (χ1) is 7.84. The second-order valence-corrected chi connectivity index (χ2v) is 4.10. The fraction of sp³-hybridized carbons (Fsp3) is 0.333. The normalized spacial score (nSPS) is 17.0. The van der Waals surface area contributed by atoms with Gasteiger partial charge >= 0.3 is 0 Å². The molecular weight excluding hydrogens is 202 g/mol. The smallest absolute Gasteiger partial charge is 0.136 e. The highest BCUT2D eigenvalue weighted by molar-refractivity contribution is 5.90. The molecule has 0 spiro atoms. The number of aromatic amines is 1. The van der Waals surface area contributed by atoms with Gasteiger partial charge in [0.25, 0.3) is 0 Å². The predicted molar refractivity (Wildman–Crippen MR) is 62.5 cm³/mol. The highest BCUT2D eigenvalue weighted by Crippen LogP contribution is 2.26. The van der Waals surface area contributed by atoms with Crippen molar-refractivity contribution < 1.29 is 4.79 Å². The molecule has 0 atom stereocenters. The summed E-state index contributed by atoms with van der Waals surface area (Å²) in [6.45, 7) is 1.62. The molecule has 1 aliphatic heterocycles. The average molecular weight is 215 g/mol. The lowest BCUT2D eigenvalue weighted by Gasteiger charge is -2.26. The molecule has 16 heavy (non-hydrogen) atoms. The number of nitrogens with one attached hydrogen (secondary N) is 1.